The standard InChI is InChI=1S/C37H42ClN3O7S/c1-25(2)39-37(43)32(20-27-12-8-7-9-13-27)40(23-28-14-10-11-26(3)19-28)36(42)24-41(31-21-29(38)15-17-33(31)46-4)49(44,45)30-16-18-34(47-5)35(22-30)48-6/h7-19,21-22,25,32H,20,23-24H2,1-6H3,(H,39,43)/t32-/m1/s1. The molecule has 49 heavy (non-hydrogen) atoms. The van der Waals surface area contributed by atoms with Crippen molar-refractivity contribution in [3.05, 3.63) is 113 Å². The summed E-state index contributed by atoms with van der Waals surface area (Å²) in [7, 11) is -0.248. The fourth-order valence-corrected chi connectivity index (χ4v) is 7.02. The van der Waals surface area contributed by atoms with E-state index in [0.29, 0.717) is 5.75 Å². The SMILES string of the molecule is COc1ccc(S(=O)(=O)N(CC(=O)N(Cc2cccc(C)c2)[C@H](Cc2ccccc2)C(=O)NC(C)C)c2cc(Cl)ccc2OC)cc1OC. The van der Waals surface area contributed by atoms with E-state index in [2.05, 4.69) is 5.32 Å². The molecule has 0 saturated carbocycles. The number of anilines is 1. The van der Waals surface area contributed by atoms with Crippen LogP contribution in [0, 0.1) is 6.92 Å². The summed E-state index contributed by atoms with van der Waals surface area (Å²) in [6.07, 6.45) is 0.194. The largest absolute Gasteiger partial charge is 0.495 e. The maximum absolute atomic E-state index is 14.7. The minimum atomic E-state index is -4.48. The minimum absolute atomic E-state index is 0.0416. The number of ether oxygens (including phenoxy) is 3. The summed E-state index contributed by atoms with van der Waals surface area (Å²) in [4.78, 5) is 29.9. The average Bonchev–Trinajstić information content (AvgIpc) is 3.08. The molecular formula is C37H42ClN3O7S. The molecule has 1 atom stereocenters. The number of carbonyl (C=O) groups excluding carboxylic acids is 2. The first-order valence-electron chi connectivity index (χ1n) is 15.7. The lowest BCUT2D eigenvalue weighted by Gasteiger charge is -2.34. The highest BCUT2D eigenvalue weighted by Crippen LogP contribution is 2.37. The maximum Gasteiger partial charge on any atom is 0.265 e. The number of carbonyl (C=O) groups is 2. The Morgan fingerprint density at radius 2 is 1.45 bits per heavy atom. The molecule has 0 aliphatic rings. The third-order valence-corrected chi connectivity index (χ3v) is 9.76. The Morgan fingerprint density at radius 1 is 0.796 bits per heavy atom. The molecule has 4 rings (SSSR count). The van der Waals surface area contributed by atoms with Crippen LogP contribution in [0.15, 0.2) is 95.9 Å². The van der Waals surface area contributed by atoms with Gasteiger partial charge < -0.3 is 24.4 Å². The molecular weight excluding hydrogens is 666 g/mol. The molecule has 1 N–H and O–H groups in total. The summed E-state index contributed by atoms with van der Waals surface area (Å²) in [5.41, 5.74) is 2.62. The van der Waals surface area contributed by atoms with E-state index in [1.54, 1.807) is 6.07 Å². The predicted octanol–water partition coefficient (Wildman–Crippen LogP) is 6.03. The number of halogens is 1. The van der Waals surface area contributed by atoms with Crippen molar-refractivity contribution in [2.45, 2.75) is 50.7 Å². The zero-order valence-electron chi connectivity index (χ0n) is 28.5. The lowest BCUT2D eigenvalue weighted by atomic mass is 10.0. The Morgan fingerprint density at radius 3 is 2.08 bits per heavy atom. The maximum atomic E-state index is 14.7. The second-order valence-corrected chi connectivity index (χ2v) is 14.0. The van der Waals surface area contributed by atoms with Crippen molar-refractivity contribution in [2.24, 2.45) is 0 Å². The third kappa shape index (κ3) is 9.24. The Labute approximate surface area is 293 Å². The Hall–Kier alpha value is -4.74. The molecule has 0 unspecified atom stereocenters. The fraction of sp³-hybridized carbons (Fsp3) is 0.297. The first-order chi connectivity index (χ1) is 23.4. The van der Waals surface area contributed by atoms with Crippen molar-refractivity contribution >= 4 is 39.1 Å². The molecule has 12 heteroatoms. The second kappa shape index (κ2) is 16.6. The number of hydrogen-bond donors (Lipinski definition) is 1. The van der Waals surface area contributed by atoms with E-state index in [4.69, 9.17) is 25.8 Å². The van der Waals surface area contributed by atoms with Crippen LogP contribution in [0.25, 0.3) is 0 Å². The second-order valence-electron chi connectivity index (χ2n) is 11.7. The van der Waals surface area contributed by atoms with Gasteiger partial charge in [-0.1, -0.05) is 71.8 Å². The van der Waals surface area contributed by atoms with E-state index in [1.807, 2.05) is 75.4 Å². The Kier molecular flexibility index (Phi) is 12.5. The van der Waals surface area contributed by atoms with Crippen molar-refractivity contribution in [2.75, 3.05) is 32.2 Å². The van der Waals surface area contributed by atoms with Crippen LogP contribution in [0.2, 0.25) is 5.02 Å². The first-order valence-corrected chi connectivity index (χ1v) is 17.5. The molecule has 2 amide bonds. The smallest absolute Gasteiger partial charge is 0.265 e. The van der Waals surface area contributed by atoms with Crippen LogP contribution in [-0.2, 0) is 32.6 Å². The molecule has 260 valence electrons. The van der Waals surface area contributed by atoms with Crippen molar-refractivity contribution in [3.8, 4) is 17.2 Å². The molecule has 0 aromatic heterocycles. The van der Waals surface area contributed by atoms with Gasteiger partial charge in [0.15, 0.2) is 11.5 Å². The third-order valence-electron chi connectivity index (χ3n) is 7.77. The quantitative estimate of drug-likeness (QED) is 0.160. The zero-order valence-corrected chi connectivity index (χ0v) is 30.0. The fourth-order valence-electron chi connectivity index (χ4n) is 5.42. The summed E-state index contributed by atoms with van der Waals surface area (Å²) < 4.78 is 46.3. The molecule has 0 aliphatic carbocycles. The number of rotatable bonds is 15. The number of hydrogen-bond acceptors (Lipinski definition) is 7. The summed E-state index contributed by atoms with van der Waals surface area (Å²) in [6, 6.07) is 24.4. The van der Waals surface area contributed by atoms with Crippen molar-refractivity contribution in [3.63, 3.8) is 0 Å². The van der Waals surface area contributed by atoms with Gasteiger partial charge in [0.05, 0.1) is 31.9 Å². The minimum Gasteiger partial charge on any atom is -0.495 e. The van der Waals surface area contributed by atoms with Crippen LogP contribution >= 0.6 is 11.6 Å². The van der Waals surface area contributed by atoms with Crippen molar-refractivity contribution < 1.29 is 32.2 Å². The van der Waals surface area contributed by atoms with Crippen molar-refractivity contribution in [1.29, 1.82) is 0 Å². The highest BCUT2D eigenvalue weighted by molar-refractivity contribution is 7.92. The van der Waals surface area contributed by atoms with Gasteiger partial charge >= 0.3 is 0 Å². The van der Waals surface area contributed by atoms with Crippen LogP contribution < -0.4 is 23.8 Å². The van der Waals surface area contributed by atoms with Gasteiger partial charge in [-0.15, -0.1) is 0 Å². The summed E-state index contributed by atoms with van der Waals surface area (Å²) in [6.45, 7) is 4.98. The number of amides is 2. The van der Waals surface area contributed by atoms with Gasteiger partial charge in [0.1, 0.15) is 18.3 Å². The molecule has 0 aliphatic heterocycles. The molecule has 4 aromatic carbocycles. The topological polar surface area (TPSA) is 114 Å². The molecule has 10 nitrogen and oxygen atoms in total. The highest BCUT2D eigenvalue weighted by atomic mass is 35.5. The van der Waals surface area contributed by atoms with Gasteiger partial charge in [0.25, 0.3) is 10.0 Å². The van der Waals surface area contributed by atoms with Crippen LogP contribution in [0.3, 0.4) is 0 Å². The van der Waals surface area contributed by atoms with Gasteiger partial charge in [0.2, 0.25) is 11.8 Å². The molecule has 0 spiro atoms. The van der Waals surface area contributed by atoms with Crippen LogP contribution in [0.4, 0.5) is 5.69 Å². The molecule has 4 aromatic rings. The number of nitrogens with zero attached hydrogens (tertiary/aromatic N) is 2. The van der Waals surface area contributed by atoms with Gasteiger partial charge in [-0.2, -0.15) is 0 Å². The van der Waals surface area contributed by atoms with E-state index >= 15 is 0 Å². The predicted molar refractivity (Wildman–Crippen MR) is 191 cm³/mol. The normalized spacial score (nSPS) is 11.8. The molecule has 0 saturated heterocycles. The van der Waals surface area contributed by atoms with E-state index < -0.39 is 28.5 Å². The number of sulfonamides is 1. The molecule has 0 bridgehead atoms. The molecule has 0 radical (unpaired) electrons. The average molecular weight is 708 g/mol. The lowest BCUT2D eigenvalue weighted by molar-refractivity contribution is -0.140. The lowest BCUT2D eigenvalue weighted by Crippen LogP contribution is -2.54. The van der Waals surface area contributed by atoms with Gasteiger partial charge in [-0.3, -0.25) is 13.9 Å². The Balaban J connectivity index is 1.89. The van der Waals surface area contributed by atoms with Gasteiger partial charge in [-0.25, -0.2) is 8.42 Å². The van der Waals surface area contributed by atoms with E-state index in [1.165, 1.54) is 56.6 Å². The molecule has 0 heterocycles. The monoisotopic (exact) mass is 707 g/mol. The van der Waals surface area contributed by atoms with E-state index in [-0.39, 0.29) is 52.0 Å². The van der Waals surface area contributed by atoms with Crippen LogP contribution in [-0.4, -0.2) is 65.1 Å². The summed E-state index contributed by atoms with van der Waals surface area (Å²) >= 11 is 6.39. The zero-order chi connectivity index (χ0) is 35.7. The van der Waals surface area contributed by atoms with E-state index in [9.17, 15) is 18.0 Å². The number of aryl methyl sites for hydroxylation is 1. The highest BCUT2D eigenvalue weighted by Gasteiger charge is 2.36. The van der Waals surface area contributed by atoms with Gasteiger partial charge in [0, 0.05) is 30.1 Å². The Bertz CT molecular complexity index is 1870. The van der Waals surface area contributed by atoms with Crippen LogP contribution in [0.5, 0.6) is 17.2 Å². The first kappa shape index (κ1) is 37.1. The number of nitrogens with one attached hydrogen (secondary N) is 1. The van der Waals surface area contributed by atoms with Gasteiger partial charge in [-0.05, 0) is 62.2 Å². The van der Waals surface area contributed by atoms with E-state index in [0.717, 1.165) is 21.0 Å². The van der Waals surface area contributed by atoms with Crippen LogP contribution in [0.1, 0.15) is 30.5 Å². The number of benzene rings is 4. The summed E-state index contributed by atoms with van der Waals surface area (Å²) in [5.74, 6) is -0.303. The molecule has 0 fully saturated rings. The van der Waals surface area contributed by atoms with Crippen molar-refractivity contribution in [1.82, 2.24) is 10.2 Å². The number of methoxy groups -OCH3 is 3. The summed E-state index contributed by atoms with van der Waals surface area (Å²) in [5, 5.41) is 3.19.